The summed E-state index contributed by atoms with van der Waals surface area (Å²) in [5, 5.41) is 14.7. The maximum absolute atomic E-state index is 13.4. The molecule has 1 aliphatic rings. The Kier molecular flexibility index (Phi) is 3.78. The first-order valence-corrected chi connectivity index (χ1v) is 5.95. The smallest absolute Gasteiger partial charge is 0.242 e. The molecule has 0 bridgehead atoms. The number of benzene rings is 1. The predicted molar refractivity (Wildman–Crippen MR) is 65.4 cm³/mol. The summed E-state index contributed by atoms with van der Waals surface area (Å²) in [5.74, 6) is -0.669. The van der Waals surface area contributed by atoms with Crippen LogP contribution in [-0.4, -0.2) is 18.5 Å². The fourth-order valence-corrected chi connectivity index (χ4v) is 2.02. The summed E-state index contributed by atoms with van der Waals surface area (Å²) in [5.41, 5.74) is 0.328. The van der Waals surface area contributed by atoms with Crippen molar-refractivity contribution in [3.63, 3.8) is 0 Å². The molecular weight excluding hydrogens is 233 g/mol. The predicted octanol–water partition coefficient (Wildman–Crippen LogP) is 1.78. The molecule has 1 aliphatic heterocycles. The van der Waals surface area contributed by atoms with Gasteiger partial charge in [0.1, 0.15) is 23.5 Å². The fourth-order valence-electron chi connectivity index (χ4n) is 2.02. The van der Waals surface area contributed by atoms with E-state index >= 15 is 0 Å². The van der Waals surface area contributed by atoms with Crippen LogP contribution in [0.15, 0.2) is 18.2 Å². The highest BCUT2D eigenvalue weighted by atomic mass is 19.1. The van der Waals surface area contributed by atoms with E-state index in [2.05, 4.69) is 10.6 Å². The van der Waals surface area contributed by atoms with Crippen molar-refractivity contribution in [1.29, 1.82) is 5.26 Å². The van der Waals surface area contributed by atoms with E-state index < -0.39 is 11.9 Å². The van der Waals surface area contributed by atoms with E-state index in [0.717, 1.165) is 12.8 Å². The lowest BCUT2D eigenvalue weighted by atomic mass is 10.1. The van der Waals surface area contributed by atoms with E-state index in [0.29, 0.717) is 18.7 Å². The molecule has 1 unspecified atom stereocenters. The summed E-state index contributed by atoms with van der Waals surface area (Å²) >= 11 is 0. The number of carbonyl (C=O) groups excluding carboxylic acids is 1. The van der Waals surface area contributed by atoms with Gasteiger partial charge in [0, 0.05) is 6.54 Å². The number of hydrogen-bond donors (Lipinski definition) is 2. The number of anilines is 1. The van der Waals surface area contributed by atoms with Gasteiger partial charge in [-0.2, -0.15) is 5.26 Å². The Morgan fingerprint density at radius 3 is 3.06 bits per heavy atom. The van der Waals surface area contributed by atoms with E-state index in [-0.39, 0.29) is 11.5 Å². The maximum Gasteiger partial charge on any atom is 0.242 e. The molecule has 1 aromatic rings. The Labute approximate surface area is 105 Å². The van der Waals surface area contributed by atoms with E-state index in [1.54, 1.807) is 6.07 Å². The van der Waals surface area contributed by atoms with Crippen LogP contribution >= 0.6 is 0 Å². The molecule has 1 heterocycles. The minimum Gasteiger partial charge on any atom is -0.373 e. The lowest BCUT2D eigenvalue weighted by molar-refractivity contribution is -0.121. The van der Waals surface area contributed by atoms with Crippen molar-refractivity contribution in [3.05, 3.63) is 29.6 Å². The molecule has 94 valence electrons. The molecule has 18 heavy (non-hydrogen) atoms. The molecule has 0 saturated carbocycles. The summed E-state index contributed by atoms with van der Waals surface area (Å²) in [6.45, 7) is 0.672. The molecule has 1 fully saturated rings. The van der Waals surface area contributed by atoms with Crippen molar-refractivity contribution in [2.45, 2.75) is 25.3 Å². The summed E-state index contributed by atoms with van der Waals surface area (Å²) < 4.78 is 13.4. The van der Waals surface area contributed by atoms with E-state index in [4.69, 9.17) is 5.26 Å². The van der Waals surface area contributed by atoms with E-state index in [1.165, 1.54) is 12.1 Å². The van der Waals surface area contributed by atoms with Crippen LogP contribution in [0.5, 0.6) is 0 Å². The summed E-state index contributed by atoms with van der Waals surface area (Å²) in [6.07, 6.45) is 2.55. The highest BCUT2D eigenvalue weighted by molar-refractivity contribution is 5.85. The van der Waals surface area contributed by atoms with Crippen molar-refractivity contribution >= 4 is 11.6 Å². The van der Waals surface area contributed by atoms with Crippen LogP contribution in [0.1, 0.15) is 24.8 Å². The molecule has 0 spiro atoms. The second-order valence-corrected chi connectivity index (χ2v) is 4.26. The van der Waals surface area contributed by atoms with E-state index in [1.807, 2.05) is 6.07 Å². The molecule has 0 aliphatic carbocycles. The van der Waals surface area contributed by atoms with Crippen LogP contribution in [-0.2, 0) is 4.79 Å². The van der Waals surface area contributed by atoms with Crippen LogP contribution in [0.2, 0.25) is 0 Å². The molecule has 1 saturated heterocycles. The Morgan fingerprint density at radius 2 is 2.28 bits per heavy atom. The number of carbonyl (C=O) groups is 1. The molecule has 2 N–H and O–H groups in total. The first-order valence-electron chi connectivity index (χ1n) is 5.95. The number of nitrogens with one attached hydrogen (secondary N) is 2. The molecule has 1 aromatic carbocycles. The van der Waals surface area contributed by atoms with Gasteiger partial charge < -0.3 is 10.6 Å². The zero-order valence-electron chi connectivity index (χ0n) is 9.87. The van der Waals surface area contributed by atoms with Crippen LogP contribution < -0.4 is 10.6 Å². The minimum absolute atomic E-state index is 0.0467. The Hall–Kier alpha value is -2.09. The second-order valence-electron chi connectivity index (χ2n) is 4.26. The quantitative estimate of drug-likeness (QED) is 0.837. The number of rotatable bonds is 2. The summed E-state index contributed by atoms with van der Waals surface area (Å²) in [4.78, 5) is 11.8. The van der Waals surface area contributed by atoms with Gasteiger partial charge in [0.2, 0.25) is 5.91 Å². The average Bonchev–Trinajstić information content (AvgIpc) is 2.55. The molecule has 1 atom stereocenters. The maximum atomic E-state index is 13.4. The summed E-state index contributed by atoms with van der Waals surface area (Å²) in [6, 6.07) is 5.78. The number of amides is 1. The Morgan fingerprint density at radius 1 is 1.44 bits per heavy atom. The average molecular weight is 247 g/mol. The highest BCUT2D eigenvalue weighted by Gasteiger charge is 2.21. The zero-order valence-corrected chi connectivity index (χ0v) is 9.87. The Bertz CT molecular complexity index is 495. The van der Waals surface area contributed by atoms with Gasteiger partial charge in [0.25, 0.3) is 0 Å². The van der Waals surface area contributed by atoms with Gasteiger partial charge in [-0.25, -0.2) is 4.39 Å². The Balaban J connectivity index is 2.20. The lowest BCUT2D eigenvalue weighted by Gasteiger charge is -2.17. The zero-order chi connectivity index (χ0) is 13.0. The molecule has 0 radical (unpaired) electrons. The van der Waals surface area contributed by atoms with Crippen molar-refractivity contribution in [2.75, 3.05) is 11.9 Å². The second kappa shape index (κ2) is 5.50. The third-order valence-electron chi connectivity index (χ3n) is 2.99. The standard InChI is InChI=1S/C13H14FN3O/c14-10-4-3-6-11(9(10)8-15)17-12-5-1-2-7-16-13(12)18/h3-4,6,12,17H,1-2,5,7H2,(H,16,18). The fraction of sp³-hybridized carbons (Fsp3) is 0.385. The molecule has 2 rings (SSSR count). The molecule has 1 amide bonds. The topological polar surface area (TPSA) is 64.9 Å². The largest absolute Gasteiger partial charge is 0.373 e. The molecule has 5 heteroatoms. The van der Waals surface area contributed by atoms with Gasteiger partial charge in [0.15, 0.2) is 0 Å². The third kappa shape index (κ3) is 2.59. The van der Waals surface area contributed by atoms with Crippen molar-refractivity contribution in [2.24, 2.45) is 0 Å². The molecule has 0 aromatic heterocycles. The number of nitriles is 1. The third-order valence-corrected chi connectivity index (χ3v) is 2.99. The SMILES string of the molecule is N#Cc1c(F)cccc1NC1CCCCNC1=O. The summed E-state index contributed by atoms with van der Waals surface area (Å²) in [7, 11) is 0. The van der Waals surface area contributed by atoms with Crippen molar-refractivity contribution in [3.8, 4) is 6.07 Å². The van der Waals surface area contributed by atoms with Gasteiger partial charge in [-0.15, -0.1) is 0 Å². The number of nitrogens with zero attached hydrogens (tertiary/aromatic N) is 1. The van der Waals surface area contributed by atoms with Crippen LogP contribution in [0.25, 0.3) is 0 Å². The van der Waals surface area contributed by atoms with Gasteiger partial charge >= 0.3 is 0 Å². The molecular formula is C13H14FN3O. The van der Waals surface area contributed by atoms with Crippen molar-refractivity contribution in [1.82, 2.24) is 5.32 Å². The lowest BCUT2D eigenvalue weighted by Crippen LogP contribution is -2.38. The normalized spacial score (nSPS) is 19.6. The minimum atomic E-state index is -0.573. The van der Waals surface area contributed by atoms with Gasteiger partial charge in [0.05, 0.1) is 5.69 Å². The van der Waals surface area contributed by atoms with Crippen LogP contribution in [0.3, 0.4) is 0 Å². The van der Waals surface area contributed by atoms with Gasteiger partial charge in [-0.3, -0.25) is 4.79 Å². The monoisotopic (exact) mass is 247 g/mol. The first-order chi connectivity index (χ1) is 8.72. The number of hydrogen-bond acceptors (Lipinski definition) is 3. The van der Waals surface area contributed by atoms with Crippen molar-refractivity contribution < 1.29 is 9.18 Å². The van der Waals surface area contributed by atoms with Gasteiger partial charge in [-0.05, 0) is 31.4 Å². The van der Waals surface area contributed by atoms with E-state index in [9.17, 15) is 9.18 Å². The van der Waals surface area contributed by atoms with Crippen LogP contribution in [0, 0.1) is 17.1 Å². The molecule has 4 nitrogen and oxygen atoms in total. The van der Waals surface area contributed by atoms with Crippen LogP contribution in [0.4, 0.5) is 10.1 Å². The van der Waals surface area contributed by atoms with Gasteiger partial charge in [-0.1, -0.05) is 6.07 Å². The first kappa shape index (κ1) is 12.4. The number of halogens is 1. The highest BCUT2D eigenvalue weighted by Crippen LogP contribution is 2.20.